The highest BCUT2D eigenvalue weighted by Gasteiger charge is 2.22. The van der Waals surface area contributed by atoms with Crippen molar-refractivity contribution in [3.8, 4) is 11.4 Å². The molecule has 6 nitrogen and oxygen atoms in total. The third-order valence-electron chi connectivity index (χ3n) is 3.92. The second kappa shape index (κ2) is 5.59. The van der Waals surface area contributed by atoms with Gasteiger partial charge in [0.1, 0.15) is 11.3 Å². The number of carboxylic acids is 1. The number of aromatic amines is 1. The lowest BCUT2D eigenvalue weighted by Gasteiger charge is -2.06. The molecule has 0 aliphatic heterocycles. The summed E-state index contributed by atoms with van der Waals surface area (Å²) in [6.07, 6.45) is 1.34. The predicted octanol–water partition coefficient (Wildman–Crippen LogP) is 2.96. The zero-order valence-electron chi connectivity index (χ0n) is 13.4. The Morgan fingerprint density at radius 2 is 2.08 bits per heavy atom. The van der Waals surface area contributed by atoms with E-state index in [2.05, 4.69) is 10.1 Å². The van der Waals surface area contributed by atoms with Crippen LogP contribution in [0.5, 0.6) is 0 Å². The molecule has 0 unspecified atom stereocenters. The van der Waals surface area contributed by atoms with Gasteiger partial charge in [0.15, 0.2) is 5.82 Å². The molecule has 0 radical (unpaired) electrons. The second-order valence-electron chi connectivity index (χ2n) is 5.98. The third-order valence-corrected chi connectivity index (χ3v) is 3.92. The van der Waals surface area contributed by atoms with Crippen molar-refractivity contribution in [3.05, 3.63) is 57.3 Å². The molecule has 1 aromatic carbocycles. The zero-order chi connectivity index (χ0) is 17.6. The number of aryl methyl sites for hydroxylation is 1. The summed E-state index contributed by atoms with van der Waals surface area (Å²) in [6.45, 7) is 5.25. The average molecular weight is 329 g/mol. The van der Waals surface area contributed by atoms with Crippen molar-refractivity contribution in [1.82, 2.24) is 14.6 Å². The van der Waals surface area contributed by atoms with Crippen LogP contribution in [-0.4, -0.2) is 25.7 Å². The Hall–Kier alpha value is -2.96. The molecule has 0 bridgehead atoms. The number of nitrogens with one attached hydrogen (secondary N) is 1. The Morgan fingerprint density at radius 3 is 2.67 bits per heavy atom. The van der Waals surface area contributed by atoms with Crippen molar-refractivity contribution in [3.63, 3.8) is 0 Å². The summed E-state index contributed by atoms with van der Waals surface area (Å²) in [4.78, 5) is 26.6. The first-order valence-electron chi connectivity index (χ1n) is 7.45. The van der Waals surface area contributed by atoms with Crippen LogP contribution < -0.4 is 5.56 Å². The van der Waals surface area contributed by atoms with E-state index in [9.17, 15) is 19.1 Å². The highest BCUT2D eigenvalue weighted by molar-refractivity contribution is 5.92. The normalized spacial score (nSPS) is 11.4. The maximum atomic E-state index is 13.4. The van der Waals surface area contributed by atoms with Gasteiger partial charge in [-0.15, -0.1) is 5.10 Å². The van der Waals surface area contributed by atoms with Gasteiger partial charge in [0.2, 0.25) is 0 Å². The molecule has 0 fully saturated rings. The Labute approximate surface area is 136 Å². The molecule has 24 heavy (non-hydrogen) atoms. The summed E-state index contributed by atoms with van der Waals surface area (Å²) < 4.78 is 14.7. The number of hydrogen-bond donors (Lipinski definition) is 2. The lowest BCUT2D eigenvalue weighted by molar-refractivity contribution is 0.0695. The van der Waals surface area contributed by atoms with Crippen molar-refractivity contribution < 1.29 is 14.3 Å². The number of rotatable bonds is 3. The van der Waals surface area contributed by atoms with E-state index in [1.165, 1.54) is 22.8 Å². The van der Waals surface area contributed by atoms with E-state index >= 15 is 0 Å². The number of aromatic carboxylic acids is 1. The summed E-state index contributed by atoms with van der Waals surface area (Å²) in [7, 11) is 0. The standard InChI is InChI=1S/C17H16FN3O3/c1-8(2)13-11(17(23)24)7-21-14(13)16(22)19-15(20-21)10-4-5-12(18)9(3)6-10/h4-8H,1-3H3,(H,23,24)(H,19,20,22). The quantitative estimate of drug-likeness (QED) is 0.773. The summed E-state index contributed by atoms with van der Waals surface area (Å²) in [5, 5.41) is 13.7. The van der Waals surface area contributed by atoms with Crippen LogP contribution in [0.1, 0.15) is 41.3 Å². The van der Waals surface area contributed by atoms with Gasteiger partial charge in [-0.3, -0.25) is 4.79 Å². The number of hydrogen-bond acceptors (Lipinski definition) is 3. The van der Waals surface area contributed by atoms with Crippen LogP contribution in [0.3, 0.4) is 0 Å². The van der Waals surface area contributed by atoms with Crippen LogP contribution in [0.15, 0.2) is 29.2 Å². The Morgan fingerprint density at radius 1 is 1.38 bits per heavy atom. The van der Waals surface area contributed by atoms with E-state index in [1.54, 1.807) is 13.0 Å². The molecule has 0 saturated carbocycles. The predicted molar refractivity (Wildman–Crippen MR) is 87.0 cm³/mol. The third kappa shape index (κ3) is 2.47. The number of fused-ring (bicyclic) bond motifs is 1. The van der Waals surface area contributed by atoms with Crippen molar-refractivity contribution in [2.45, 2.75) is 26.7 Å². The number of H-pyrrole nitrogens is 1. The lowest BCUT2D eigenvalue weighted by atomic mass is 10.0. The molecule has 0 saturated heterocycles. The van der Waals surface area contributed by atoms with Gasteiger partial charge < -0.3 is 10.1 Å². The summed E-state index contributed by atoms with van der Waals surface area (Å²) in [6, 6.07) is 4.38. The molecule has 0 atom stereocenters. The van der Waals surface area contributed by atoms with Crippen LogP contribution >= 0.6 is 0 Å². The highest BCUT2D eigenvalue weighted by atomic mass is 19.1. The molecule has 3 rings (SSSR count). The van der Waals surface area contributed by atoms with Crippen LogP contribution in [0, 0.1) is 12.7 Å². The topological polar surface area (TPSA) is 87.5 Å². The van der Waals surface area contributed by atoms with E-state index in [1.807, 2.05) is 13.8 Å². The minimum Gasteiger partial charge on any atom is -0.478 e. The van der Waals surface area contributed by atoms with Crippen LogP contribution in [0.2, 0.25) is 0 Å². The summed E-state index contributed by atoms with van der Waals surface area (Å²) >= 11 is 0. The maximum Gasteiger partial charge on any atom is 0.337 e. The molecule has 0 spiro atoms. The fraction of sp³-hybridized carbons (Fsp3) is 0.235. The van der Waals surface area contributed by atoms with Crippen molar-refractivity contribution in [2.75, 3.05) is 0 Å². The van der Waals surface area contributed by atoms with E-state index in [0.717, 1.165) is 0 Å². The maximum absolute atomic E-state index is 13.4. The van der Waals surface area contributed by atoms with E-state index in [4.69, 9.17) is 0 Å². The van der Waals surface area contributed by atoms with Gasteiger partial charge >= 0.3 is 5.97 Å². The second-order valence-corrected chi connectivity index (χ2v) is 5.98. The van der Waals surface area contributed by atoms with Gasteiger partial charge in [-0.05, 0) is 36.6 Å². The van der Waals surface area contributed by atoms with Crippen LogP contribution in [0.25, 0.3) is 16.9 Å². The summed E-state index contributed by atoms with van der Waals surface area (Å²) in [5.74, 6) is -1.36. The van der Waals surface area contributed by atoms with Crippen LogP contribution in [-0.2, 0) is 0 Å². The van der Waals surface area contributed by atoms with Crippen molar-refractivity contribution >= 4 is 11.5 Å². The van der Waals surface area contributed by atoms with Gasteiger partial charge in [-0.25, -0.2) is 13.7 Å². The number of halogens is 1. The van der Waals surface area contributed by atoms with E-state index in [-0.39, 0.29) is 28.6 Å². The van der Waals surface area contributed by atoms with Gasteiger partial charge in [-0.2, -0.15) is 0 Å². The fourth-order valence-electron chi connectivity index (χ4n) is 2.79. The molecule has 2 aromatic heterocycles. The Kier molecular flexibility index (Phi) is 3.71. The molecule has 7 heteroatoms. The van der Waals surface area contributed by atoms with Gasteiger partial charge in [0.05, 0.1) is 5.56 Å². The molecule has 0 aliphatic carbocycles. The molecule has 2 N–H and O–H groups in total. The number of aromatic nitrogens is 3. The summed E-state index contributed by atoms with van der Waals surface area (Å²) in [5.41, 5.74) is 1.25. The molecular weight excluding hydrogens is 313 g/mol. The Balaban J connectivity index is 2.30. The SMILES string of the molecule is Cc1cc(-c2nn3cc(C(=O)O)c(C(C)C)c3c(=O)[nH]2)ccc1F. The molecule has 3 aromatic rings. The van der Waals surface area contributed by atoms with Gasteiger partial charge in [-0.1, -0.05) is 13.8 Å². The molecule has 0 amide bonds. The molecular formula is C17H16FN3O3. The molecule has 0 aliphatic rings. The van der Waals surface area contributed by atoms with Crippen molar-refractivity contribution in [1.29, 1.82) is 0 Å². The minimum absolute atomic E-state index is 0.0513. The van der Waals surface area contributed by atoms with E-state index < -0.39 is 11.5 Å². The monoisotopic (exact) mass is 329 g/mol. The molecule has 2 heterocycles. The van der Waals surface area contributed by atoms with E-state index in [0.29, 0.717) is 16.7 Å². The smallest absolute Gasteiger partial charge is 0.337 e. The molecule has 124 valence electrons. The first kappa shape index (κ1) is 15.9. The largest absolute Gasteiger partial charge is 0.478 e. The average Bonchev–Trinajstić information content (AvgIpc) is 2.90. The van der Waals surface area contributed by atoms with Crippen molar-refractivity contribution in [2.24, 2.45) is 0 Å². The zero-order valence-corrected chi connectivity index (χ0v) is 13.4. The first-order valence-corrected chi connectivity index (χ1v) is 7.45. The first-order chi connectivity index (χ1) is 11.3. The number of nitrogens with zero attached hydrogens (tertiary/aromatic N) is 2. The number of carbonyl (C=O) groups is 1. The van der Waals surface area contributed by atoms with Crippen LogP contribution in [0.4, 0.5) is 4.39 Å². The van der Waals surface area contributed by atoms with Gasteiger partial charge in [0.25, 0.3) is 5.56 Å². The number of carboxylic acid groups (broad SMARTS) is 1. The Bertz CT molecular complexity index is 1020. The fourth-order valence-corrected chi connectivity index (χ4v) is 2.79. The highest BCUT2D eigenvalue weighted by Crippen LogP contribution is 2.25. The minimum atomic E-state index is -1.11. The number of benzene rings is 1. The lowest BCUT2D eigenvalue weighted by Crippen LogP contribution is -2.15. The van der Waals surface area contributed by atoms with Gasteiger partial charge in [0, 0.05) is 17.3 Å².